The van der Waals surface area contributed by atoms with Gasteiger partial charge in [-0.3, -0.25) is 10.1 Å². The average molecular weight is 281 g/mol. The summed E-state index contributed by atoms with van der Waals surface area (Å²) in [7, 11) is 1.33. The number of ether oxygens (including phenoxy) is 2. The van der Waals surface area contributed by atoms with Gasteiger partial charge in [0.15, 0.2) is 17.8 Å². The van der Waals surface area contributed by atoms with E-state index < -0.39 is 11.7 Å². The van der Waals surface area contributed by atoms with Crippen molar-refractivity contribution >= 4 is 18.1 Å². The largest absolute Gasteiger partial charge is 0.504 e. The lowest BCUT2D eigenvalue weighted by Crippen LogP contribution is -2.27. The van der Waals surface area contributed by atoms with E-state index in [1.54, 1.807) is 27.7 Å². The van der Waals surface area contributed by atoms with Crippen molar-refractivity contribution in [2.75, 3.05) is 12.4 Å². The molecule has 0 aromatic heterocycles. The fourth-order valence-corrected chi connectivity index (χ4v) is 1.66. The Morgan fingerprint density at radius 1 is 1.40 bits per heavy atom. The van der Waals surface area contributed by atoms with Crippen molar-refractivity contribution in [1.29, 1.82) is 0 Å². The molecule has 1 aromatic carbocycles. The Balaban J connectivity index is 3.13. The molecule has 0 fully saturated rings. The second-order valence-electron chi connectivity index (χ2n) is 5.28. The molecule has 0 unspecified atom stereocenters. The van der Waals surface area contributed by atoms with Gasteiger partial charge in [0.25, 0.3) is 0 Å². The number of carbonyl (C=O) groups is 2. The number of hydrogen-bond acceptors (Lipinski definition) is 5. The first-order valence-electron chi connectivity index (χ1n) is 6.05. The quantitative estimate of drug-likeness (QED) is 0.832. The van der Waals surface area contributed by atoms with Crippen LogP contribution in [0.25, 0.3) is 0 Å². The summed E-state index contributed by atoms with van der Waals surface area (Å²) in [5.41, 5.74) is 0.236. The molecule has 0 saturated heterocycles. The number of rotatable bonds is 3. The fourth-order valence-electron chi connectivity index (χ4n) is 1.66. The Kier molecular flexibility index (Phi) is 4.60. The van der Waals surface area contributed by atoms with Crippen LogP contribution in [0.1, 0.15) is 36.7 Å². The first-order chi connectivity index (χ1) is 9.19. The van der Waals surface area contributed by atoms with Crippen LogP contribution in [0.5, 0.6) is 11.5 Å². The number of phenols is 1. The molecule has 0 saturated carbocycles. The maximum absolute atomic E-state index is 11.7. The van der Waals surface area contributed by atoms with Gasteiger partial charge >= 0.3 is 6.09 Å². The zero-order valence-electron chi connectivity index (χ0n) is 12.2. The van der Waals surface area contributed by atoms with Gasteiger partial charge in [-0.15, -0.1) is 0 Å². The van der Waals surface area contributed by atoms with Gasteiger partial charge in [0.2, 0.25) is 0 Å². The number of aryl methyl sites for hydroxylation is 1. The summed E-state index contributed by atoms with van der Waals surface area (Å²) in [6.07, 6.45) is -0.141. The fraction of sp³-hybridized carbons (Fsp3) is 0.429. The summed E-state index contributed by atoms with van der Waals surface area (Å²) in [6, 6.07) is 1.53. The van der Waals surface area contributed by atoms with Crippen LogP contribution >= 0.6 is 0 Å². The Bertz CT molecular complexity index is 531. The predicted octanol–water partition coefficient (Wildman–Crippen LogP) is 2.87. The van der Waals surface area contributed by atoms with Crippen LogP contribution < -0.4 is 10.1 Å². The van der Waals surface area contributed by atoms with Crippen LogP contribution in [0.2, 0.25) is 0 Å². The van der Waals surface area contributed by atoms with Crippen molar-refractivity contribution < 1.29 is 24.2 Å². The summed E-state index contributed by atoms with van der Waals surface area (Å²) < 4.78 is 10.1. The van der Waals surface area contributed by atoms with Gasteiger partial charge in [-0.2, -0.15) is 0 Å². The molecule has 1 amide bonds. The van der Waals surface area contributed by atoms with Gasteiger partial charge in [0.1, 0.15) is 5.60 Å². The van der Waals surface area contributed by atoms with Crippen LogP contribution in [0, 0.1) is 6.92 Å². The molecular formula is C14H19NO5. The molecule has 0 aliphatic carbocycles. The third-order valence-corrected chi connectivity index (χ3v) is 2.46. The average Bonchev–Trinajstić information content (AvgIpc) is 2.26. The molecule has 6 nitrogen and oxygen atoms in total. The van der Waals surface area contributed by atoms with Crippen molar-refractivity contribution in [3.63, 3.8) is 0 Å². The number of carbonyl (C=O) groups excluding carboxylic acids is 2. The number of anilines is 1. The molecule has 1 rings (SSSR count). The summed E-state index contributed by atoms with van der Waals surface area (Å²) in [6.45, 7) is 6.86. The molecule has 110 valence electrons. The number of methoxy groups -OCH3 is 1. The molecular weight excluding hydrogens is 262 g/mol. The van der Waals surface area contributed by atoms with Crippen LogP contribution in [-0.4, -0.2) is 30.2 Å². The zero-order valence-corrected chi connectivity index (χ0v) is 12.2. The molecule has 0 aliphatic rings. The minimum absolute atomic E-state index is 0.0172. The highest BCUT2D eigenvalue weighted by Crippen LogP contribution is 2.38. The van der Waals surface area contributed by atoms with Crippen molar-refractivity contribution in [1.82, 2.24) is 0 Å². The minimum Gasteiger partial charge on any atom is -0.504 e. The van der Waals surface area contributed by atoms with Gasteiger partial charge < -0.3 is 14.6 Å². The number of aromatic hydroxyl groups is 1. The Hall–Kier alpha value is -2.24. The Morgan fingerprint density at radius 3 is 2.45 bits per heavy atom. The number of aldehydes is 1. The summed E-state index contributed by atoms with van der Waals surface area (Å²) in [4.78, 5) is 22.6. The second-order valence-corrected chi connectivity index (χ2v) is 5.28. The Labute approximate surface area is 117 Å². The second kappa shape index (κ2) is 5.81. The molecule has 0 bridgehead atoms. The van der Waals surface area contributed by atoms with Crippen LogP contribution in [0.3, 0.4) is 0 Å². The number of amides is 1. The van der Waals surface area contributed by atoms with Crippen LogP contribution in [0.4, 0.5) is 10.5 Å². The van der Waals surface area contributed by atoms with E-state index in [0.29, 0.717) is 11.8 Å². The van der Waals surface area contributed by atoms with E-state index in [4.69, 9.17) is 9.47 Å². The highest BCUT2D eigenvalue weighted by atomic mass is 16.6. The smallest absolute Gasteiger partial charge is 0.412 e. The maximum Gasteiger partial charge on any atom is 0.412 e. The first kappa shape index (κ1) is 15.8. The van der Waals surface area contributed by atoms with Crippen molar-refractivity contribution in [3.05, 3.63) is 17.2 Å². The van der Waals surface area contributed by atoms with E-state index in [-0.39, 0.29) is 22.7 Å². The summed E-state index contributed by atoms with van der Waals surface area (Å²) >= 11 is 0. The lowest BCUT2D eigenvalue weighted by Gasteiger charge is -2.21. The van der Waals surface area contributed by atoms with Gasteiger partial charge in [-0.05, 0) is 39.3 Å². The molecule has 20 heavy (non-hydrogen) atoms. The molecule has 0 aliphatic heterocycles. The number of phenolic OH excluding ortho intramolecular Hbond substituents is 1. The minimum atomic E-state index is -0.673. The predicted molar refractivity (Wildman–Crippen MR) is 74.6 cm³/mol. The molecule has 0 radical (unpaired) electrons. The third kappa shape index (κ3) is 3.63. The highest BCUT2D eigenvalue weighted by Gasteiger charge is 2.21. The van der Waals surface area contributed by atoms with Crippen molar-refractivity contribution in [2.24, 2.45) is 0 Å². The standard InChI is InChI=1S/C14H19NO5/c1-8-6-10(15-13(18)20-14(2,3)4)12(19-5)11(17)9(8)7-16/h6-7,17H,1-5H3,(H,15,18). The molecule has 6 heteroatoms. The molecule has 0 atom stereocenters. The number of hydrogen-bond donors (Lipinski definition) is 2. The van der Waals surface area contributed by atoms with E-state index in [2.05, 4.69) is 5.32 Å². The van der Waals surface area contributed by atoms with Crippen LogP contribution in [0.15, 0.2) is 6.07 Å². The van der Waals surface area contributed by atoms with Crippen molar-refractivity contribution in [2.45, 2.75) is 33.3 Å². The lowest BCUT2D eigenvalue weighted by molar-refractivity contribution is 0.0635. The zero-order chi connectivity index (χ0) is 15.5. The van der Waals surface area contributed by atoms with Gasteiger partial charge in [0, 0.05) is 0 Å². The highest BCUT2D eigenvalue weighted by molar-refractivity contribution is 5.92. The lowest BCUT2D eigenvalue weighted by atomic mass is 10.1. The molecule has 1 aromatic rings. The molecule has 2 N–H and O–H groups in total. The number of nitrogens with one attached hydrogen (secondary N) is 1. The summed E-state index contributed by atoms with van der Waals surface area (Å²) in [5.74, 6) is -0.294. The first-order valence-corrected chi connectivity index (χ1v) is 6.05. The third-order valence-electron chi connectivity index (χ3n) is 2.46. The maximum atomic E-state index is 11.7. The topological polar surface area (TPSA) is 84.9 Å². The van der Waals surface area contributed by atoms with E-state index in [1.165, 1.54) is 13.2 Å². The van der Waals surface area contributed by atoms with E-state index in [1.807, 2.05) is 0 Å². The SMILES string of the molecule is COc1c(NC(=O)OC(C)(C)C)cc(C)c(C=O)c1O. The van der Waals surface area contributed by atoms with Gasteiger partial charge in [0.05, 0.1) is 18.4 Å². The van der Waals surface area contributed by atoms with Gasteiger partial charge in [-0.25, -0.2) is 4.79 Å². The van der Waals surface area contributed by atoms with Crippen LogP contribution in [-0.2, 0) is 4.74 Å². The van der Waals surface area contributed by atoms with Gasteiger partial charge in [-0.1, -0.05) is 0 Å². The molecule has 0 heterocycles. The van der Waals surface area contributed by atoms with Crippen molar-refractivity contribution in [3.8, 4) is 11.5 Å². The normalized spacial score (nSPS) is 10.8. The molecule has 0 spiro atoms. The summed E-state index contributed by atoms with van der Waals surface area (Å²) in [5, 5.41) is 12.4. The monoisotopic (exact) mass is 281 g/mol. The number of benzene rings is 1. The Morgan fingerprint density at radius 2 is 2.00 bits per heavy atom. The van der Waals surface area contributed by atoms with E-state index in [0.717, 1.165) is 0 Å². The van der Waals surface area contributed by atoms with E-state index in [9.17, 15) is 14.7 Å². The van der Waals surface area contributed by atoms with E-state index >= 15 is 0 Å².